The number of anilines is 1. The zero-order chi connectivity index (χ0) is 12.3. The molecule has 4 heteroatoms. The number of likely N-dealkylation sites (N-methyl/N-ethyl adjacent to an activating group) is 1. The minimum atomic E-state index is -0.0292. The Hall–Kier alpha value is -1.71. The lowest BCUT2D eigenvalue weighted by Crippen LogP contribution is -2.27. The van der Waals surface area contributed by atoms with Crippen LogP contribution in [0.3, 0.4) is 0 Å². The zero-order valence-corrected chi connectivity index (χ0v) is 10.3. The third-order valence-corrected chi connectivity index (χ3v) is 2.89. The Morgan fingerprint density at radius 3 is 3.06 bits per heavy atom. The minimum Gasteiger partial charge on any atom is -0.482 e. The molecular weight excluding hydrogens is 216 g/mol. The van der Waals surface area contributed by atoms with Crippen LogP contribution in [-0.2, 0) is 11.2 Å². The lowest BCUT2D eigenvalue weighted by atomic mass is 10.0. The Bertz CT molecular complexity index is 416. The van der Waals surface area contributed by atoms with Crippen molar-refractivity contribution >= 4 is 11.6 Å². The van der Waals surface area contributed by atoms with E-state index in [1.165, 1.54) is 10.5 Å². The number of aryl methyl sites for hydroxylation is 1. The Kier molecular flexibility index (Phi) is 3.52. The summed E-state index contributed by atoms with van der Waals surface area (Å²) >= 11 is 0. The van der Waals surface area contributed by atoms with Crippen molar-refractivity contribution in [3.63, 3.8) is 0 Å². The number of amides is 1. The van der Waals surface area contributed by atoms with Crippen LogP contribution in [-0.4, -0.2) is 38.1 Å². The summed E-state index contributed by atoms with van der Waals surface area (Å²) in [4.78, 5) is 13.0. The summed E-state index contributed by atoms with van der Waals surface area (Å²) in [6.07, 6.45) is 2.22. The van der Waals surface area contributed by atoms with Crippen LogP contribution in [0.1, 0.15) is 12.0 Å². The van der Waals surface area contributed by atoms with Gasteiger partial charge in [-0.1, -0.05) is 12.1 Å². The fourth-order valence-electron chi connectivity index (χ4n) is 1.87. The largest absolute Gasteiger partial charge is 0.482 e. The monoisotopic (exact) mass is 234 g/mol. The molecule has 1 amide bonds. The molecule has 1 heterocycles. The lowest BCUT2D eigenvalue weighted by molar-refractivity contribution is -0.130. The second-order valence-electron chi connectivity index (χ2n) is 4.40. The van der Waals surface area contributed by atoms with E-state index in [1.807, 2.05) is 12.1 Å². The Labute approximate surface area is 102 Å². The molecule has 1 aromatic carbocycles. The highest BCUT2D eigenvalue weighted by molar-refractivity contribution is 5.77. The first-order valence-electron chi connectivity index (χ1n) is 5.87. The van der Waals surface area contributed by atoms with Gasteiger partial charge in [-0.15, -0.1) is 0 Å². The summed E-state index contributed by atoms with van der Waals surface area (Å²) in [5, 5.41) is 3.33. The molecule has 0 saturated heterocycles. The maximum absolute atomic E-state index is 11.5. The molecule has 1 aromatic rings. The predicted octanol–water partition coefficient (Wildman–Crippen LogP) is 1.51. The minimum absolute atomic E-state index is 0.0292. The van der Waals surface area contributed by atoms with Gasteiger partial charge in [-0.25, -0.2) is 0 Å². The molecule has 0 radical (unpaired) electrons. The average Bonchev–Trinajstić information content (AvgIpc) is 2.35. The van der Waals surface area contributed by atoms with Crippen molar-refractivity contribution < 1.29 is 9.53 Å². The molecule has 92 valence electrons. The first-order chi connectivity index (χ1) is 8.18. The van der Waals surface area contributed by atoms with Crippen LogP contribution in [0.25, 0.3) is 0 Å². The molecule has 2 rings (SSSR count). The van der Waals surface area contributed by atoms with Crippen LogP contribution in [0.2, 0.25) is 0 Å². The van der Waals surface area contributed by atoms with Gasteiger partial charge in [0.05, 0.1) is 5.69 Å². The zero-order valence-electron chi connectivity index (χ0n) is 10.3. The summed E-state index contributed by atoms with van der Waals surface area (Å²) in [5.74, 6) is 0.746. The molecule has 0 saturated carbocycles. The van der Waals surface area contributed by atoms with Crippen molar-refractivity contribution in [2.75, 3.05) is 32.6 Å². The third kappa shape index (κ3) is 2.70. The SMILES string of the molecule is CN(C)C(=O)COc1cccc2c1NCCC2. The highest BCUT2D eigenvalue weighted by Crippen LogP contribution is 2.31. The second kappa shape index (κ2) is 5.08. The molecule has 1 N–H and O–H groups in total. The fourth-order valence-corrected chi connectivity index (χ4v) is 1.87. The number of para-hydroxylation sites is 1. The van der Waals surface area contributed by atoms with E-state index in [0.29, 0.717) is 0 Å². The molecule has 0 aromatic heterocycles. The van der Waals surface area contributed by atoms with E-state index in [4.69, 9.17) is 4.74 Å². The number of hydrogen-bond acceptors (Lipinski definition) is 3. The van der Waals surface area contributed by atoms with Crippen LogP contribution < -0.4 is 10.1 Å². The van der Waals surface area contributed by atoms with Gasteiger partial charge in [0, 0.05) is 20.6 Å². The summed E-state index contributed by atoms with van der Waals surface area (Å²) in [7, 11) is 3.45. The Balaban J connectivity index is 2.08. The topological polar surface area (TPSA) is 41.6 Å². The number of rotatable bonds is 3. The number of fused-ring (bicyclic) bond motifs is 1. The first-order valence-corrected chi connectivity index (χ1v) is 5.87. The standard InChI is InChI=1S/C13H18N2O2/c1-15(2)12(16)9-17-11-7-3-5-10-6-4-8-14-13(10)11/h3,5,7,14H,4,6,8-9H2,1-2H3. The summed E-state index contributed by atoms with van der Waals surface area (Å²) in [5.41, 5.74) is 2.32. The van der Waals surface area contributed by atoms with E-state index >= 15 is 0 Å². The van der Waals surface area contributed by atoms with Gasteiger partial charge in [0.2, 0.25) is 0 Å². The third-order valence-electron chi connectivity index (χ3n) is 2.89. The highest BCUT2D eigenvalue weighted by atomic mass is 16.5. The van der Waals surface area contributed by atoms with E-state index in [2.05, 4.69) is 11.4 Å². The van der Waals surface area contributed by atoms with Crippen LogP contribution in [0.4, 0.5) is 5.69 Å². The maximum atomic E-state index is 11.5. The van der Waals surface area contributed by atoms with Crippen molar-refractivity contribution in [2.24, 2.45) is 0 Å². The van der Waals surface area contributed by atoms with E-state index < -0.39 is 0 Å². The van der Waals surface area contributed by atoms with Gasteiger partial charge in [0.15, 0.2) is 6.61 Å². The van der Waals surface area contributed by atoms with E-state index in [1.54, 1.807) is 14.1 Å². The number of nitrogens with one attached hydrogen (secondary N) is 1. The van der Waals surface area contributed by atoms with E-state index in [9.17, 15) is 4.79 Å². The summed E-state index contributed by atoms with van der Waals surface area (Å²) in [6, 6.07) is 5.98. The molecule has 1 aliphatic rings. The molecule has 4 nitrogen and oxygen atoms in total. The molecular formula is C13H18N2O2. The summed E-state index contributed by atoms with van der Waals surface area (Å²) in [6.45, 7) is 1.06. The lowest BCUT2D eigenvalue weighted by Gasteiger charge is -2.21. The van der Waals surface area contributed by atoms with Gasteiger partial charge in [-0.2, -0.15) is 0 Å². The number of hydrogen-bond donors (Lipinski definition) is 1. The van der Waals surface area contributed by atoms with E-state index in [-0.39, 0.29) is 12.5 Å². The van der Waals surface area contributed by atoms with Gasteiger partial charge in [-0.3, -0.25) is 4.79 Å². The van der Waals surface area contributed by atoms with Crippen LogP contribution in [0.5, 0.6) is 5.75 Å². The Morgan fingerprint density at radius 2 is 2.29 bits per heavy atom. The van der Waals surface area contributed by atoms with Crippen LogP contribution in [0.15, 0.2) is 18.2 Å². The van der Waals surface area contributed by atoms with Crippen LogP contribution >= 0.6 is 0 Å². The fraction of sp³-hybridized carbons (Fsp3) is 0.462. The Morgan fingerprint density at radius 1 is 1.47 bits per heavy atom. The second-order valence-corrected chi connectivity index (χ2v) is 4.40. The predicted molar refractivity (Wildman–Crippen MR) is 67.4 cm³/mol. The molecule has 0 atom stereocenters. The number of nitrogens with zero attached hydrogens (tertiary/aromatic N) is 1. The molecule has 1 aliphatic heterocycles. The number of carbonyl (C=O) groups is 1. The van der Waals surface area contributed by atoms with Crippen LogP contribution in [0, 0.1) is 0 Å². The van der Waals surface area contributed by atoms with Gasteiger partial charge in [0.25, 0.3) is 5.91 Å². The van der Waals surface area contributed by atoms with E-state index in [0.717, 1.165) is 30.8 Å². The smallest absolute Gasteiger partial charge is 0.259 e. The quantitative estimate of drug-likeness (QED) is 0.862. The summed E-state index contributed by atoms with van der Waals surface area (Å²) < 4.78 is 5.57. The molecule has 17 heavy (non-hydrogen) atoms. The normalized spacial score (nSPS) is 13.5. The first kappa shape index (κ1) is 11.8. The van der Waals surface area contributed by atoms with Crippen molar-refractivity contribution in [1.29, 1.82) is 0 Å². The average molecular weight is 234 g/mol. The van der Waals surface area contributed by atoms with Crippen molar-refractivity contribution in [3.8, 4) is 5.75 Å². The molecule has 0 unspecified atom stereocenters. The van der Waals surface area contributed by atoms with Gasteiger partial charge < -0.3 is 15.0 Å². The molecule has 0 aliphatic carbocycles. The molecule has 0 spiro atoms. The van der Waals surface area contributed by atoms with Crippen molar-refractivity contribution in [2.45, 2.75) is 12.8 Å². The highest BCUT2D eigenvalue weighted by Gasteiger charge is 2.14. The molecule has 0 bridgehead atoms. The number of ether oxygens (including phenoxy) is 1. The maximum Gasteiger partial charge on any atom is 0.259 e. The van der Waals surface area contributed by atoms with Crippen molar-refractivity contribution in [3.05, 3.63) is 23.8 Å². The number of carbonyl (C=O) groups excluding carboxylic acids is 1. The van der Waals surface area contributed by atoms with Gasteiger partial charge in [0.1, 0.15) is 5.75 Å². The van der Waals surface area contributed by atoms with Gasteiger partial charge in [-0.05, 0) is 24.5 Å². The van der Waals surface area contributed by atoms with Gasteiger partial charge >= 0.3 is 0 Å². The van der Waals surface area contributed by atoms with Crippen molar-refractivity contribution in [1.82, 2.24) is 4.90 Å². The molecule has 0 fully saturated rings. The number of benzene rings is 1.